The van der Waals surface area contributed by atoms with Crippen LogP contribution in [-0.2, 0) is 4.79 Å². The van der Waals surface area contributed by atoms with E-state index in [1.54, 1.807) is 31.3 Å². The first-order valence-electron chi connectivity index (χ1n) is 9.07. The molecule has 0 bridgehead atoms. The average molecular weight is 441 g/mol. The minimum Gasteiger partial charge on any atom is -0.455 e. The van der Waals surface area contributed by atoms with E-state index in [0.29, 0.717) is 23.6 Å². The maximum Gasteiger partial charge on any atom is 0.269 e. The molecule has 1 aromatic carbocycles. The molecule has 3 rings (SSSR count). The summed E-state index contributed by atoms with van der Waals surface area (Å²) < 4.78 is 5.88. The Labute approximate surface area is 182 Å². The molecule has 1 aliphatic rings. The van der Waals surface area contributed by atoms with Crippen molar-refractivity contribution in [3.05, 3.63) is 48.3 Å². The topological polar surface area (TPSA) is 106 Å². The first kappa shape index (κ1) is 24.7. The van der Waals surface area contributed by atoms with E-state index in [-0.39, 0.29) is 54.3 Å². The van der Waals surface area contributed by atoms with E-state index in [1.807, 2.05) is 12.1 Å². The van der Waals surface area contributed by atoms with Crippen LogP contribution < -0.4 is 21.1 Å². The summed E-state index contributed by atoms with van der Waals surface area (Å²) in [4.78, 5) is 28.2. The Kier molecular flexibility index (Phi) is 9.88. The third kappa shape index (κ3) is 6.59. The van der Waals surface area contributed by atoms with E-state index in [9.17, 15) is 9.59 Å². The highest BCUT2D eigenvalue weighted by atomic mass is 35.5. The quantitative estimate of drug-likeness (QED) is 0.636. The number of anilines is 1. The normalized spacial score (nSPS) is 17.4. The second-order valence-electron chi connectivity index (χ2n) is 6.66. The van der Waals surface area contributed by atoms with Crippen molar-refractivity contribution in [3.63, 3.8) is 0 Å². The van der Waals surface area contributed by atoms with E-state index in [0.717, 1.165) is 19.3 Å². The number of carbonyl (C=O) groups excluding carboxylic acids is 2. The van der Waals surface area contributed by atoms with E-state index >= 15 is 0 Å². The second-order valence-corrected chi connectivity index (χ2v) is 6.66. The third-order valence-electron chi connectivity index (χ3n) is 4.75. The molecule has 29 heavy (non-hydrogen) atoms. The molecular weight excluding hydrogens is 415 g/mol. The molecule has 0 spiro atoms. The van der Waals surface area contributed by atoms with Gasteiger partial charge in [-0.1, -0.05) is 18.6 Å². The molecule has 1 heterocycles. The van der Waals surface area contributed by atoms with Gasteiger partial charge in [-0.25, -0.2) is 0 Å². The molecule has 2 amide bonds. The highest BCUT2D eigenvalue weighted by molar-refractivity contribution is 5.93. The van der Waals surface area contributed by atoms with Crippen molar-refractivity contribution in [3.8, 4) is 11.5 Å². The lowest BCUT2D eigenvalue weighted by atomic mass is 10.00. The Bertz CT molecular complexity index is 835. The fourth-order valence-corrected chi connectivity index (χ4v) is 3.27. The van der Waals surface area contributed by atoms with Crippen LogP contribution in [0.15, 0.2) is 42.6 Å². The summed E-state index contributed by atoms with van der Waals surface area (Å²) in [6.07, 6.45) is 4.96. The van der Waals surface area contributed by atoms with Gasteiger partial charge in [-0.3, -0.25) is 14.6 Å². The summed E-state index contributed by atoms with van der Waals surface area (Å²) in [5.74, 6) is 0.816. The summed E-state index contributed by atoms with van der Waals surface area (Å²) in [6.45, 7) is 0. The standard InChI is InChI=1S/C20H24N4O3.2ClH/c1-22-20(26)17-12-14(9-10-23-17)27-18-8-3-2-7-16(18)24-19(25)11-13-5-4-6-15(13)21;;/h2-3,7-10,12-13,15H,4-6,11,21H2,1H3,(H,22,26)(H,24,25);2*1H/t13-,15+;;/m0../s1. The predicted octanol–water partition coefficient (Wildman–Crippen LogP) is 3.53. The Balaban J connectivity index is 0.00000210. The number of nitrogens with zero attached hydrogens (tertiary/aromatic N) is 1. The summed E-state index contributed by atoms with van der Waals surface area (Å²) in [5.41, 5.74) is 6.89. The highest BCUT2D eigenvalue weighted by Crippen LogP contribution is 2.31. The largest absolute Gasteiger partial charge is 0.455 e. The Morgan fingerprint density at radius 3 is 2.66 bits per heavy atom. The average Bonchev–Trinajstić information content (AvgIpc) is 3.07. The van der Waals surface area contributed by atoms with Crippen LogP contribution in [0.2, 0.25) is 0 Å². The van der Waals surface area contributed by atoms with Gasteiger partial charge in [-0.15, -0.1) is 24.8 Å². The molecule has 0 aliphatic heterocycles. The number of halogens is 2. The second kappa shape index (κ2) is 11.6. The molecule has 9 heteroatoms. The van der Waals surface area contributed by atoms with E-state index < -0.39 is 0 Å². The van der Waals surface area contributed by atoms with Crippen molar-refractivity contribution in [2.45, 2.75) is 31.7 Å². The first-order valence-corrected chi connectivity index (χ1v) is 9.07. The molecular formula is C20H26Cl2N4O3. The summed E-state index contributed by atoms with van der Waals surface area (Å²) in [6, 6.07) is 10.5. The number of ether oxygens (including phenoxy) is 1. The minimum absolute atomic E-state index is 0. The van der Waals surface area contributed by atoms with Crippen LogP contribution in [-0.4, -0.2) is 29.9 Å². The van der Waals surface area contributed by atoms with Crippen LogP contribution >= 0.6 is 24.8 Å². The molecule has 2 aromatic rings. The van der Waals surface area contributed by atoms with Crippen molar-refractivity contribution in [1.82, 2.24) is 10.3 Å². The number of benzene rings is 1. The Morgan fingerprint density at radius 2 is 1.97 bits per heavy atom. The molecule has 4 N–H and O–H groups in total. The maximum absolute atomic E-state index is 12.4. The molecule has 7 nitrogen and oxygen atoms in total. The Morgan fingerprint density at radius 1 is 1.21 bits per heavy atom. The minimum atomic E-state index is -0.296. The molecule has 0 unspecified atom stereocenters. The molecule has 1 aliphatic carbocycles. The molecule has 1 aromatic heterocycles. The number of amides is 2. The zero-order valence-electron chi connectivity index (χ0n) is 16.1. The number of nitrogens with one attached hydrogen (secondary N) is 2. The van der Waals surface area contributed by atoms with Crippen LogP contribution in [0.25, 0.3) is 0 Å². The number of pyridine rings is 1. The van der Waals surface area contributed by atoms with Gasteiger partial charge in [0.15, 0.2) is 5.75 Å². The lowest BCUT2D eigenvalue weighted by molar-refractivity contribution is -0.117. The molecule has 158 valence electrons. The van der Waals surface area contributed by atoms with Crippen molar-refractivity contribution in [2.75, 3.05) is 12.4 Å². The van der Waals surface area contributed by atoms with Gasteiger partial charge < -0.3 is 21.1 Å². The van der Waals surface area contributed by atoms with Crippen LogP contribution in [0, 0.1) is 5.92 Å². The van der Waals surface area contributed by atoms with Gasteiger partial charge in [0.2, 0.25) is 5.91 Å². The number of hydrogen-bond acceptors (Lipinski definition) is 5. The number of aromatic nitrogens is 1. The van der Waals surface area contributed by atoms with E-state index in [2.05, 4.69) is 15.6 Å². The molecule has 1 saturated carbocycles. The lowest BCUT2D eigenvalue weighted by Gasteiger charge is -2.16. The zero-order chi connectivity index (χ0) is 19.2. The smallest absolute Gasteiger partial charge is 0.269 e. The number of rotatable bonds is 6. The maximum atomic E-state index is 12.4. The van der Waals surface area contributed by atoms with Gasteiger partial charge in [0, 0.05) is 31.8 Å². The SMILES string of the molecule is CNC(=O)c1cc(Oc2ccccc2NC(=O)C[C@@H]2CCC[C@H]2N)ccn1.Cl.Cl. The number of nitrogens with two attached hydrogens (primary N) is 1. The fourth-order valence-electron chi connectivity index (χ4n) is 3.27. The molecule has 2 atom stereocenters. The first-order chi connectivity index (χ1) is 13.1. The number of para-hydroxylation sites is 2. The van der Waals surface area contributed by atoms with Crippen molar-refractivity contribution < 1.29 is 14.3 Å². The monoisotopic (exact) mass is 440 g/mol. The lowest BCUT2D eigenvalue weighted by Crippen LogP contribution is -2.28. The summed E-state index contributed by atoms with van der Waals surface area (Å²) >= 11 is 0. The predicted molar refractivity (Wildman–Crippen MR) is 117 cm³/mol. The van der Waals surface area contributed by atoms with Gasteiger partial charge in [-0.05, 0) is 37.0 Å². The number of hydrogen-bond donors (Lipinski definition) is 3. The van der Waals surface area contributed by atoms with Crippen LogP contribution in [0.5, 0.6) is 11.5 Å². The van der Waals surface area contributed by atoms with Crippen LogP contribution in [0.1, 0.15) is 36.2 Å². The van der Waals surface area contributed by atoms with Gasteiger partial charge in [0.05, 0.1) is 5.69 Å². The number of carbonyl (C=O) groups is 2. The van der Waals surface area contributed by atoms with Crippen molar-refractivity contribution in [2.24, 2.45) is 11.7 Å². The van der Waals surface area contributed by atoms with Crippen LogP contribution in [0.3, 0.4) is 0 Å². The van der Waals surface area contributed by atoms with Gasteiger partial charge >= 0.3 is 0 Å². The van der Waals surface area contributed by atoms with E-state index in [1.165, 1.54) is 6.20 Å². The van der Waals surface area contributed by atoms with Crippen molar-refractivity contribution in [1.29, 1.82) is 0 Å². The highest BCUT2D eigenvalue weighted by Gasteiger charge is 2.26. The summed E-state index contributed by atoms with van der Waals surface area (Å²) in [7, 11) is 1.54. The summed E-state index contributed by atoms with van der Waals surface area (Å²) in [5, 5.41) is 5.44. The van der Waals surface area contributed by atoms with Gasteiger partial charge in [0.25, 0.3) is 5.91 Å². The fraction of sp³-hybridized carbons (Fsp3) is 0.350. The van der Waals surface area contributed by atoms with Gasteiger partial charge in [-0.2, -0.15) is 0 Å². The van der Waals surface area contributed by atoms with Gasteiger partial charge in [0.1, 0.15) is 11.4 Å². The molecule has 0 saturated heterocycles. The van der Waals surface area contributed by atoms with Crippen LogP contribution in [0.4, 0.5) is 5.69 Å². The van der Waals surface area contributed by atoms with E-state index in [4.69, 9.17) is 10.5 Å². The van der Waals surface area contributed by atoms with Crippen molar-refractivity contribution >= 4 is 42.3 Å². The zero-order valence-corrected chi connectivity index (χ0v) is 17.7. The molecule has 0 radical (unpaired) electrons. The molecule has 1 fully saturated rings. The Hall–Kier alpha value is -2.35. The third-order valence-corrected chi connectivity index (χ3v) is 4.75.